The molecule has 1 unspecified atom stereocenters. The predicted octanol–water partition coefficient (Wildman–Crippen LogP) is 4.46. The van der Waals surface area contributed by atoms with Crippen LogP contribution in [0.25, 0.3) is 11.1 Å². The van der Waals surface area contributed by atoms with Crippen LogP contribution in [0.5, 0.6) is 0 Å². The molecule has 4 rings (SSSR count). The quantitative estimate of drug-likeness (QED) is 0.508. The molecule has 2 aliphatic carbocycles. The highest BCUT2D eigenvalue weighted by Crippen LogP contribution is 2.44. The first-order valence-corrected chi connectivity index (χ1v) is 12.0. The fourth-order valence-corrected chi connectivity index (χ4v) is 5.28. The van der Waals surface area contributed by atoms with Crippen molar-refractivity contribution in [2.75, 3.05) is 13.2 Å². The summed E-state index contributed by atoms with van der Waals surface area (Å²) in [7, 11) is 0. The number of aliphatic carboxylic acids is 1. The van der Waals surface area contributed by atoms with E-state index >= 15 is 0 Å². The molecule has 0 bridgehead atoms. The smallest absolute Gasteiger partial charge is 0.407 e. The summed E-state index contributed by atoms with van der Waals surface area (Å²) in [6, 6.07) is 16.4. The number of hydrogen-bond donors (Lipinski definition) is 3. The standard InChI is InChI=1S/C27H32N2O5/c1-18(14-25(31)32)16-28-24(30)15-27(12-6-7-13-27)29-26(33)34-17-23-21-10-4-2-8-19(21)20-9-3-5-11-22(20)23/h2-5,8-11,18,23H,6-7,12-17H2,1H3,(H,28,30)(H,29,33)(H,31,32). The number of carboxylic acids is 1. The molecule has 0 saturated heterocycles. The van der Waals surface area contributed by atoms with E-state index < -0.39 is 17.6 Å². The van der Waals surface area contributed by atoms with Gasteiger partial charge in [0.25, 0.3) is 0 Å². The Hall–Kier alpha value is -3.35. The SMILES string of the molecule is CC(CNC(=O)CC1(NC(=O)OCC2c3ccccc3-c3ccccc32)CCCC1)CC(=O)O. The maximum atomic E-state index is 12.8. The Bertz CT molecular complexity index is 1010. The summed E-state index contributed by atoms with van der Waals surface area (Å²) in [5.41, 5.74) is 4.04. The predicted molar refractivity (Wildman–Crippen MR) is 128 cm³/mol. The molecule has 0 aromatic heterocycles. The summed E-state index contributed by atoms with van der Waals surface area (Å²) in [6.07, 6.45) is 2.97. The molecule has 3 N–H and O–H groups in total. The van der Waals surface area contributed by atoms with Gasteiger partial charge in [0.1, 0.15) is 6.61 Å². The van der Waals surface area contributed by atoms with Crippen LogP contribution in [0.4, 0.5) is 4.79 Å². The minimum Gasteiger partial charge on any atom is -0.481 e. The molecule has 7 heteroatoms. The molecule has 34 heavy (non-hydrogen) atoms. The maximum Gasteiger partial charge on any atom is 0.407 e. The third-order valence-corrected chi connectivity index (χ3v) is 6.94. The Morgan fingerprint density at radius 1 is 1.03 bits per heavy atom. The lowest BCUT2D eigenvalue weighted by molar-refractivity contribution is -0.138. The summed E-state index contributed by atoms with van der Waals surface area (Å²) >= 11 is 0. The third-order valence-electron chi connectivity index (χ3n) is 6.94. The summed E-state index contributed by atoms with van der Waals surface area (Å²) < 4.78 is 5.70. The number of carbonyl (C=O) groups excluding carboxylic acids is 2. The zero-order valence-electron chi connectivity index (χ0n) is 19.5. The summed E-state index contributed by atoms with van der Waals surface area (Å²) in [5, 5.41) is 14.7. The number of carboxylic acid groups (broad SMARTS) is 1. The van der Waals surface area contributed by atoms with Crippen molar-refractivity contribution in [3.05, 3.63) is 59.7 Å². The minimum atomic E-state index is -0.883. The fourth-order valence-electron chi connectivity index (χ4n) is 5.28. The van der Waals surface area contributed by atoms with Crippen molar-refractivity contribution >= 4 is 18.0 Å². The van der Waals surface area contributed by atoms with E-state index in [0.717, 1.165) is 36.8 Å². The molecule has 0 spiro atoms. The van der Waals surface area contributed by atoms with Crippen LogP contribution >= 0.6 is 0 Å². The first-order chi connectivity index (χ1) is 16.4. The van der Waals surface area contributed by atoms with E-state index in [0.29, 0.717) is 6.54 Å². The molecule has 180 valence electrons. The second kappa shape index (κ2) is 10.3. The van der Waals surface area contributed by atoms with E-state index in [2.05, 4.69) is 34.9 Å². The molecule has 1 saturated carbocycles. The van der Waals surface area contributed by atoms with Gasteiger partial charge in [-0.15, -0.1) is 0 Å². The minimum absolute atomic E-state index is 0.00340. The van der Waals surface area contributed by atoms with Crippen LogP contribution in [-0.2, 0) is 14.3 Å². The number of ether oxygens (including phenoxy) is 1. The number of rotatable bonds is 9. The zero-order valence-corrected chi connectivity index (χ0v) is 19.5. The van der Waals surface area contributed by atoms with Gasteiger partial charge in [-0.2, -0.15) is 0 Å². The molecule has 7 nitrogen and oxygen atoms in total. The first kappa shape index (κ1) is 23.8. The number of alkyl carbamates (subject to hydrolysis) is 1. The van der Waals surface area contributed by atoms with E-state index in [-0.39, 0.29) is 37.2 Å². The first-order valence-electron chi connectivity index (χ1n) is 12.0. The normalized spacial score (nSPS) is 16.9. The largest absolute Gasteiger partial charge is 0.481 e. The van der Waals surface area contributed by atoms with Gasteiger partial charge in [0.2, 0.25) is 5.91 Å². The fraction of sp³-hybridized carbons (Fsp3) is 0.444. The van der Waals surface area contributed by atoms with Crippen LogP contribution in [-0.4, -0.2) is 41.8 Å². The highest BCUT2D eigenvalue weighted by atomic mass is 16.5. The van der Waals surface area contributed by atoms with Crippen LogP contribution in [0.3, 0.4) is 0 Å². The van der Waals surface area contributed by atoms with Crippen LogP contribution in [0, 0.1) is 5.92 Å². The Labute approximate surface area is 199 Å². The number of hydrogen-bond acceptors (Lipinski definition) is 4. The highest BCUT2D eigenvalue weighted by Gasteiger charge is 2.38. The van der Waals surface area contributed by atoms with Gasteiger partial charge in [0.15, 0.2) is 0 Å². The van der Waals surface area contributed by atoms with E-state index in [1.807, 2.05) is 24.3 Å². The second-order valence-corrected chi connectivity index (χ2v) is 9.62. The van der Waals surface area contributed by atoms with Crippen LogP contribution in [0.2, 0.25) is 0 Å². The van der Waals surface area contributed by atoms with E-state index in [1.54, 1.807) is 6.92 Å². The number of amides is 2. The molecule has 0 heterocycles. The summed E-state index contributed by atoms with van der Waals surface area (Å²) in [5.74, 6) is -1.24. The van der Waals surface area contributed by atoms with Crippen LogP contribution in [0.15, 0.2) is 48.5 Å². The second-order valence-electron chi connectivity index (χ2n) is 9.62. The molecule has 2 amide bonds. The van der Waals surface area contributed by atoms with E-state index in [9.17, 15) is 14.4 Å². The van der Waals surface area contributed by atoms with Crippen molar-refractivity contribution in [2.45, 2.75) is 56.9 Å². The van der Waals surface area contributed by atoms with Gasteiger partial charge in [-0.3, -0.25) is 9.59 Å². The summed E-state index contributed by atoms with van der Waals surface area (Å²) in [6.45, 7) is 2.32. The van der Waals surface area contributed by atoms with Crippen molar-refractivity contribution in [1.82, 2.24) is 10.6 Å². The Morgan fingerprint density at radius 3 is 2.21 bits per heavy atom. The number of nitrogens with one attached hydrogen (secondary N) is 2. The molecule has 2 aliphatic rings. The van der Waals surface area contributed by atoms with Crippen molar-refractivity contribution in [3.8, 4) is 11.1 Å². The molecule has 0 radical (unpaired) electrons. The molecule has 1 fully saturated rings. The number of benzene rings is 2. The number of fused-ring (bicyclic) bond motifs is 3. The molecular weight excluding hydrogens is 432 g/mol. The van der Waals surface area contributed by atoms with Crippen molar-refractivity contribution < 1.29 is 24.2 Å². The monoisotopic (exact) mass is 464 g/mol. The highest BCUT2D eigenvalue weighted by molar-refractivity contribution is 5.80. The number of carbonyl (C=O) groups is 3. The lowest BCUT2D eigenvalue weighted by atomic mass is 9.92. The average molecular weight is 465 g/mol. The lowest BCUT2D eigenvalue weighted by Gasteiger charge is -2.30. The van der Waals surface area contributed by atoms with Gasteiger partial charge in [-0.05, 0) is 41.0 Å². The van der Waals surface area contributed by atoms with Gasteiger partial charge < -0.3 is 20.5 Å². The molecule has 1 atom stereocenters. The molecule has 2 aromatic rings. The molecule has 2 aromatic carbocycles. The van der Waals surface area contributed by atoms with Crippen molar-refractivity contribution in [3.63, 3.8) is 0 Å². The molecule has 0 aliphatic heterocycles. The van der Waals surface area contributed by atoms with E-state index in [1.165, 1.54) is 11.1 Å². The van der Waals surface area contributed by atoms with Crippen molar-refractivity contribution in [2.24, 2.45) is 5.92 Å². The van der Waals surface area contributed by atoms with Gasteiger partial charge in [0.05, 0.1) is 5.54 Å². The molecular formula is C27H32N2O5. The van der Waals surface area contributed by atoms with Gasteiger partial charge >= 0.3 is 12.1 Å². The van der Waals surface area contributed by atoms with Gasteiger partial charge in [-0.25, -0.2) is 4.79 Å². The topological polar surface area (TPSA) is 105 Å². The van der Waals surface area contributed by atoms with Crippen LogP contribution in [0.1, 0.15) is 62.5 Å². The Kier molecular flexibility index (Phi) is 7.20. The third kappa shape index (κ3) is 5.41. The van der Waals surface area contributed by atoms with Crippen molar-refractivity contribution in [1.29, 1.82) is 0 Å². The Balaban J connectivity index is 1.35. The van der Waals surface area contributed by atoms with Gasteiger partial charge in [-0.1, -0.05) is 68.3 Å². The lowest BCUT2D eigenvalue weighted by Crippen LogP contribution is -2.50. The zero-order chi connectivity index (χ0) is 24.1. The van der Waals surface area contributed by atoms with E-state index in [4.69, 9.17) is 9.84 Å². The Morgan fingerprint density at radius 2 is 1.62 bits per heavy atom. The average Bonchev–Trinajstić information content (AvgIpc) is 3.38. The van der Waals surface area contributed by atoms with Gasteiger partial charge in [0, 0.05) is 25.3 Å². The maximum absolute atomic E-state index is 12.8. The summed E-state index contributed by atoms with van der Waals surface area (Å²) in [4.78, 5) is 36.2. The van der Waals surface area contributed by atoms with Crippen LogP contribution < -0.4 is 10.6 Å².